The molecule has 4 heteroatoms. The van der Waals surface area contributed by atoms with Crippen molar-refractivity contribution in [3.63, 3.8) is 0 Å². The number of nitrogen functional groups attached to an aromatic ring is 1. The molecule has 0 spiro atoms. The molecule has 0 saturated carbocycles. The van der Waals surface area contributed by atoms with Crippen molar-refractivity contribution in [2.45, 2.75) is 6.92 Å². The van der Waals surface area contributed by atoms with E-state index in [0.29, 0.717) is 11.2 Å². The first-order valence-corrected chi connectivity index (χ1v) is 3.33. The molecule has 4 N–H and O–H groups in total. The maximum absolute atomic E-state index is 8.75. The number of nitrogens with two attached hydrogens (primary N) is 1. The Hall–Kier alpha value is -0.995. The molecular formula is C7H10BNO2. The van der Waals surface area contributed by atoms with Crippen LogP contribution in [-0.2, 0) is 0 Å². The van der Waals surface area contributed by atoms with Gasteiger partial charge in [-0.05, 0) is 24.0 Å². The second kappa shape index (κ2) is 2.94. The molecule has 0 heterocycles. The Balaban J connectivity index is 3.05. The van der Waals surface area contributed by atoms with Crippen molar-refractivity contribution >= 4 is 18.3 Å². The van der Waals surface area contributed by atoms with Crippen molar-refractivity contribution in [1.29, 1.82) is 0 Å². The molecule has 0 atom stereocenters. The lowest BCUT2D eigenvalue weighted by Gasteiger charge is -2.02. The number of benzene rings is 1. The maximum atomic E-state index is 8.75. The van der Waals surface area contributed by atoms with Gasteiger partial charge in [-0.1, -0.05) is 12.1 Å². The van der Waals surface area contributed by atoms with Crippen LogP contribution >= 0.6 is 0 Å². The SMILES string of the molecule is Cc1cc(B(O)O)ccc1N. The summed E-state index contributed by atoms with van der Waals surface area (Å²) in [6.07, 6.45) is 0. The fraction of sp³-hybridized carbons (Fsp3) is 0.143. The predicted molar refractivity (Wildman–Crippen MR) is 45.4 cm³/mol. The number of rotatable bonds is 1. The van der Waals surface area contributed by atoms with Gasteiger partial charge in [0.25, 0.3) is 0 Å². The van der Waals surface area contributed by atoms with Crippen LogP contribution < -0.4 is 11.2 Å². The minimum absolute atomic E-state index is 0.469. The number of anilines is 1. The summed E-state index contributed by atoms with van der Waals surface area (Å²) in [6, 6.07) is 4.90. The van der Waals surface area contributed by atoms with E-state index < -0.39 is 7.12 Å². The highest BCUT2D eigenvalue weighted by Crippen LogP contribution is 2.06. The molecule has 1 aromatic rings. The zero-order valence-corrected chi connectivity index (χ0v) is 6.28. The van der Waals surface area contributed by atoms with Crippen LogP contribution in [0.2, 0.25) is 0 Å². The topological polar surface area (TPSA) is 66.5 Å². The van der Waals surface area contributed by atoms with Gasteiger partial charge < -0.3 is 15.8 Å². The van der Waals surface area contributed by atoms with Crippen LogP contribution in [0.4, 0.5) is 5.69 Å². The Labute approximate surface area is 65.6 Å². The van der Waals surface area contributed by atoms with Crippen molar-refractivity contribution in [3.8, 4) is 0 Å². The highest BCUT2D eigenvalue weighted by Gasteiger charge is 2.10. The monoisotopic (exact) mass is 151 g/mol. The van der Waals surface area contributed by atoms with Gasteiger partial charge in [-0.15, -0.1) is 0 Å². The van der Waals surface area contributed by atoms with Crippen molar-refractivity contribution < 1.29 is 10.0 Å². The van der Waals surface area contributed by atoms with Crippen molar-refractivity contribution in [2.24, 2.45) is 0 Å². The average Bonchev–Trinajstić information content (AvgIpc) is 1.94. The minimum Gasteiger partial charge on any atom is -0.423 e. The fourth-order valence-electron chi connectivity index (χ4n) is 0.859. The lowest BCUT2D eigenvalue weighted by molar-refractivity contribution is 0.426. The van der Waals surface area contributed by atoms with E-state index in [4.69, 9.17) is 15.8 Å². The van der Waals surface area contributed by atoms with Crippen molar-refractivity contribution in [2.75, 3.05) is 5.73 Å². The summed E-state index contributed by atoms with van der Waals surface area (Å²) in [4.78, 5) is 0. The van der Waals surface area contributed by atoms with E-state index in [1.807, 2.05) is 6.92 Å². The summed E-state index contributed by atoms with van der Waals surface area (Å²) in [5, 5.41) is 17.5. The number of hydrogen-bond acceptors (Lipinski definition) is 3. The van der Waals surface area contributed by atoms with E-state index in [2.05, 4.69) is 0 Å². The third kappa shape index (κ3) is 1.72. The van der Waals surface area contributed by atoms with Crippen LogP contribution in [0.3, 0.4) is 0 Å². The third-order valence-electron chi connectivity index (χ3n) is 1.59. The van der Waals surface area contributed by atoms with Crippen LogP contribution in [0.1, 0.15) is 5.56 Å². The summed E-state index contributed by atoms with van der Waals surface area (Å²) in [7, 11) is -1.41. The summed E-state index contributed by atoms with van der Waals surface area (Å²) in [6.45, 7) is 1.82. The molecule has 58 valence electrons. The molecule has 0 bridgehead atoms. The first kappa shape index (κ1) is 8.10. The van der Waals surface area contributed by atoms with Gasteiger partial charge in [0.2, 0.25) is 0 Å². The van der Waals surface area contributed by atoms with E-state index in [9.17, 15) is 0 Å². The molecule has 0 amide bonds. The first-order valence-electron chi connectivity index (χ1n) is 3.33. The van der Waals surface area contributed by atoms with E-state index in [1.54, 1.807) is 18.2 Å². The van der Waals surface area contributed by atoms with Gasteiger partial charge in [0, 0.05) is 5.69 Å². The Morgan fingerprint density at radius 2 is 2.00 bits per heavy atom. The molecule has 0 radical (unpaired) electrons. The highest BCUT2D eigenvalue weighted by atomic mass is 16.4. The summed E-state index contributed by atoms with van der Waals surface area (Å²) in [5.41, 5.74) is 7.51. The van der Waals surface area contributed by atoms with Crippen LogP contribution in [0, 0.1) is 6.92 Å². The van der Waals surface area contributed by atoms with Crippen molar-refractivity contribution in [1.82, 2.24) is 0 Å². The molecular weight excluding hydrogens is 141 g/mol. The van der Waals surface area contributed by atoms with Gasteiger partial charge in [-0.25, -0.2) is 0 Å². The zero-order chi connectivity index (χ0) is 8.43. The average molecular weight is 151 g/mol. The normalized spacial score (nSPS) is 9.73. The fourth-order valence-corrected chi connectivity index (χ4v) is 0.859. The molecule has 1 aromatic carbocycles. The lowest BCUT2D eigenvalue weighted by Crippen LogP contribution is -2.29. The van der Waals surface area contributed by atoms with E-state index >= 15 is 0 Å². The van der Waals surface area contributed by atoms with Crippen LogP contribution in [0.15, 0.2) is 18.2 Å². The van der Waals surface area contributed by atoms with Gasteiger partial charge in [0.15, 0.2) is 0 Å². The molecule has 3 nitrogen and oxygen atoms in total. The van der Waals surface area contributed by atoms with Crippen LogP contribution in [0.5, 0.6) is 0 Å². The summed E-state index contributed by atoms with van der Waals surface area (Å²) < 4.78 is 0. The Morgan fingerprint density at radius 3 is 2.45 bits per heavy atom. The highest BCUT2D eigenvalue weighted by molar-refractivity contribution is 6.58. The molecule has 0 aliphatic rings. The maximum Gasteiger partial charge on any atom is 0.488 e. The Bertz CT molecular complexity index is 263. The van der Waals surface area contributed by atoms with Crippen LogP contribution in [0.25, 0.3) is 0 Å². The molecule has 0 saturated heterocycles. The molecule has 1 rings (SSSR count). The summed E-state index contributed by atoms with van der Waals surface area (Å²) >= 11 is 0. The number of aryl methyl sites for hydroxylation is 1. The first-order chi connectivity index (χ1) is 5.11. The predicted octanol–water partition coefficient (Wildman–Crippen LogP) is -0.743. The van der Waals surface area contributed by atoms with Gasteiger partial charge >= 0.3 is 7.12 Å². The zero-order valence-electron chi connectivity index (χ0n) is 6.28. The largest absolute Gasteiger partial charge is 0.488 e. The van der Waals surface area contributed by atoms with E-state index in [0.717, 1.165) is 5.56 Å². The van der Waals surface area contributed by atoms with Gasteiger partial charge in [-0.3, -0.25) is 0 Å². The third-order valence-corrected chi connectivity index (χ3v) is 1.59. The minimum atomic E-state index is -1.41. The van der Waals surface area contributed by atoms with Crippen LogP contribution in [-0.4, -0.2) is 17.2 Å². The molecule has 0 aliphatic carbocycles. The van der Waals surface area contributed by atoms with Gasteiger partial charge in [0.1, 0.15) is 0 Å². The second-order valence-corrected chi connectivity index (χ2v) is 2.49. The second-order valence-electron chi connectivity index (χ2n) is 2.49. The van der Waals surface area contributed by atoms with Crippen molar-refractivity contribution in [3.05, 3.63) is 23.8 Å². The molecule has 0 aromatic heterocycles. The smallest absolute Gasteiger partial charge is 0.423 e. The quantitative estimate of drug-likeness (QED) is 0.365. The Morgan fingerprint density at radius 1 is 1.36 bits per heavy atom. The molecule has 11 heavy (non-hydrogen) atoms. The summed E-state index contributed by atoms with van der Waals surface area (Å²) in [5.74, 6) is 0. The lowest BCUT2D eigenvalue weighted by atomic mass is 9.79. The standard InChI is InChI=1S/C7H10BNO2/c1-5-4-6(8(10)11)2-3-7(5)9/h2-4,10-11H,9H2,1H3. The molecule has 0 aliphatic heterocycles. The van der Waals surface area contributed by atoms with Gasteiger partial charge in [-0.2, -0.15) is 0 Å². The molecule has 0 unspecified atom stereocenters. The Kier molecular flexibility index (Phi) is 2.17. The molecule has 0 fully saturated rings. The number of hydrogen-bond donors (Lipinski definition) is 3. The van der Waals surface area contributed by atoms with E-state index in [-0.39, 0.29) is 0 Å². The van der Waals surface area contributed by atoms with Gasteiger partial charge in [0.05, 0.1) is 0 Å². The van der Waals surface area contributed by atoms with E-state index in [1.165, 1.54) is 0 Å².